The van der Waals surface area contributed by atoms with Gasteiger partial charge in [-0.05, 0) is 36.2 Å². The highest BCUT2D eigenvalue weighted by Crippen LogP contribution is 2.24. The first-order chi connectivity index (χ1) is 12.2. The van der Waals surface area contributed by atoms with Crippen molar-refractivity contribution in [2.24, 2.45) is 0 Å². The Bertz CT molecular complexity index is 782. The largest absolute Gasteiger partial charge is 0.490 e. The third-order valence-electron chi connectivity index (χ3n) is 4.96. The molecule has 2 aromatic rings. The van der Waals surface area contributed by atoms with Gasteiger partial charge >= 0.3 is 0 Å². The number of aryl methyl sites for hydroxylation is 1. The summed E-state index contributed by atoms with van der Waals surface area (Å²) in [4.78, 5) is 18.8. The van der Waals surface area contributed by atoms with Crippen molar-refractivity contribution in [1.82, 2.24) is 9.88 Å². The summed E-state index contributed by atoms with van der Waals surface area (Å²) in [6.07, 6.45) is 5.41. The van der Waals surface area contributed by atoms with Gasteiger partial charge in [0.25, 0.3) is 5.91 Å². The lowest BCUT2D eigenvalue weighted by atomic mass is 10.0. The fourth-order valence-corrected chi connectivity index (χ4v) is 3.44. The SMILES string of the molecule is Cc1cnccc1OC1CCN(C(=O)c2ccc3c(c2)COC3)CC1. The van der Waals surface area contributed by atoms with Crippen molar-refractivity contribution < 1.29 is 14.3 Å². The number of hydrogen-bond acceptors (Lipinski definition) is 4. The molecule has 1 aromatic heterocycles. The molecular weight excluding hydrogens is 316 g/mol. The molecule has 3 heterocycles. The topological polar surface area (TPSA) is 51.7 Å². The van der Waals surface area contributed by atoms with Crippen LogP contribution >= 0.6 is 0 Å². The summed E-state index contributed by atoms with van der Waals surface area (Å²) >= 11 is 0. The van der Waals surface area contributed by atoms with Crippen molar-refractivity contribution in [3.8, 4) is 5.75 Å². The second kappa shape index (κ2) is 6.84. The Kier molecular flexibility index (Phi) is 4.40. The molecule has 0 aliphatic carbocycles. The number of hydrogen-bond donors (Lipinski definition) is 0. The van der Waals surface area contributed by atoms with Crippen molar-refractivity contribution in [1.29, 1.82) is 0 Å². The number of piperidine rings is 1. The van der Waals surface area contributed by atoms with Gasteiger partial charge in [-0.25, -0.2) is 0 Å². The van der Waals surface area contributed by atoms with E-state index in [-0.39, 0.29) is 12.0 Å². The van der Waals surface area contributed by atoms with Crippen LogP contribution in [-0.2, 0) is 18.0 Å². The second-order valence-electron chi connectivity index (χ2n) is 6.73. The average molecular weight is 338 g/mol. The van der Waals surface area contributed by atoms with Gasteiger partial charge in [0, 0.05) is 49.5 Å². The van der Waals surface area contributed by atoms with Crippen LogP contribution in [0.25, 0.3) is 0 Å². The van der Waals surface area contributed by atoms with Crippen molar-refractivity contribution in [3.05, 3.63) is 58.9 Å². The molecule has 4 rings (SSSR count). The van der Waals surface area contributed by atoms with Crippen LogP contribution in [-0.4, -0.2) is 35.0 Å². The van der Waals surface area contributed by atoms with Crippen molar-refractivity contribution in [3.63, 3.8) is 0 Å². The highest BCUT2D eigenvalue weighted by Gasteiger charge is 2.25. The average Bonchev–Trinajstić information content (AvgIpc) is 3.11. The molecule has 1 aromatic carbocycles. The molecule has 1 amide bonds. The number of nitrogens with zero attached hydrogens (tertiary/aromatic N) is 2. The number of likely N-dealkylation sites (tertiary alicyclic amines) is 1. The molecule has 0 radical (unpaired) electrons. The van der Waals surface area contributed by atoms with E-state index < -0.39 is 0 Å². The molecule has 0 spiro atoms. The number of fused-ring (bicyclic) bond motifs is 1. The summed E-state index contributed by atoms with van der Waals surface area (Å²) in [5.74, 6) is 0.992. The van der Waals surface area contributed by atoms with Crippen LogP contribution in [0.15, 0.2) is 36.7 Å². The Labute approximate surface area is 147 Å². The minimum Gasteiger partial charge on any atom is -0.490 e. The van der Waals surface area contributed by atoms with Gasteiger partial charge in [-0.3, -0.25) is 9.78 Å². The smallest absolute Gasteiger partial charge is 0.253 e. The number of carbonyl (C=O) groups excluding carboxylic acids is 1. The molecule has 2 aliphatic heterocycles. The summed E-state index contributed by atoms with van der Waals surface area (Å²) in [6, 6.07) is 7.81. The molecule has 2 aliphatic rings. The Morgan fingerprint density at radius 3 is 2.80 bits per heavy atom. The third-order valence-corrected chi connectivity index (χ3v) is 4.96. The summed E-state index contributed by atoms with van der Waals surface area (Å²) in [7, 11) is 0. The first-order valence-electron chi connectivity index (χ1n) is 8.77. The van der Waals surface area contributed by atoms with Crippen molar-refractivity contribution in [2.75, 3.05) is 13.1 Å². The zero-order valence-electron chi connectivity index (χ0n) is 14.4. The number of ether oxygens (including phenoxy) is 2. The predicted molar refractivity (Wildman–Crippen MR) is 93.5 cm³/mol. The van der Waals surface area contributed by atoms with Crippen LogP contribution < -0.4 is 4.74 Å². The van der Waals surface area contributed by atoms with Gasteiger partial charge < -0.3 is 14.4 Å². The van der Waals surface area contributed by atoms with Crippen molar-refractivity contribution in [2.45, 2.75) is 39.1 Å². The standard InChI is InChI=1S/C20H22N2O3/c1-14-11-21-7-4-19(14)25-18-5-8-22(9-6-18)20(23)15-2-3-16-12-24-13-17(16)10-15/h2-4,7,10-11,18H,5-6,8-9,12-13H2,1H3. The van der Waals surface area contributed by atoms with Gasteiger partial charge in [0.2, 0.25) is 0 Å². The van der Waals surface area contributed by atoms with E-state index in [0.29, 0.717) is 13.2 Å². The van der Waals surface area contributed by atoms with Crippen LogP contribution in [0.2, 0.25) is 0 Å². The van der Waals surface area contributed by atoms with Gasteiger partial charge in [-0.15, -0.1) is 0 Å². The van der Waals surface area contributed by atoms with E-state index in [4.69, 9.17) is 9.47 Å². The summed E-state index contributed by atoms with van der Waals surface area (Å²) in [5, 5.41) is 0. The highest BCUT2D eigenvalue weighted by atomic mass is 16.5. The van der Waals surface area contributed by atoms with Gasteiger partial charge in [0.05, 0.1) is 13.2 Å². The quantitative estimate of drug-likeness (QED) is 0.863. The zero-order valence-corrected chi connectivity index (χ0v) is 14.4. The van der Waals surface area contributed by atoms with Crippen LogP contribution in [0, 0.1) is 6.92 Å². The molecule has 0 saturated carbocycles. The third kappa shape index (κ3) is 3.37. The van der Waals surface area contributed by atoms with E-state index in [0.717, 1.165) is 48.4 Å². The van der Waals surface area contributed by atoms with E-state index in [9.17, 15) is 4.79 Å². The Balaban J connectivity index is 1.37. The fraction of sp³-hybridized carbons (Fsp3) is 0.400. The van der Waals surface area contributed by atoms with Gasteiger partial charge in [0.1, 0.15) is 11.9 Å². The summed E-state index contributed by atoms with van der Waals surface area (Å²) < 4.78 is 11.5. The number of carbonyl (C=O) groups is 1. The minimum absolute atomic E-state index is 0.105. The molecule has 5 heteroatoms. The van der Waals surface area contributed by atoms with E-state index in [1.807, 2.05) is 42.3 Å². The summed E-state index contributed by atoms with van der Waals surface area (Å²) in [5.41, 5.74) is 4.13. The molecule has 25 heavy (non-hydrogen) atoms. The van der Waals surface area contributed by atoms with Crippen LogP contribution in [0.3, 0.4) is 0 Å². The van der Waals surface area contributed by atoms with Crippen LogP contribution in [0.1, 0.15) is 39.9 Å². The Hall–Kier alpha value is -2.40. The van der Waals surface area contributed by atoms with Gasteiger partial charge in [-0.2, -0.15) is 0 Å². The maximum Gasteiger partial charge on any atom is 0.253 e. The zero-order chi connectivity index (χ0) is 17.2. The van der Waals surface area contributed by atoms with Gasteiger partial charge in [-0.1, -0.05) is 6.07 Å². The Morgan fingerprint density at radius 1 is 1.20 bits per heavy atom. The van der Waals surface area contributed by atoms with E-state index in [2.05, 4.69) is 4.98 Å². The summed E-state index contributed by atoms with van der Waals surface area (Å²) in [6.45, 7) is 4.71. The number of pyridine rings is 1. The molecule has 0 atom stereocenters. The molecule has 130 valence electrons. The first kappa shape index (κ1) is 16.1. The lowest BCUT2D eigenvalue weighted by Crippen LogP contribution is -2.41. The lowest BCUT2D eigenvalue weighted by Gasteiger charge is -2.32. The number of aromatic nitrogens is 1. The molecule has 0 unspecified atom stereocenters. The Morgan fingerprint density at radius 2 is 2.00 bits per heavy atom. The minimum atomic E-state index is 0.105. The monoisotopic (exact) mass is 338 g/mol. The number of rotatable bonds is 3. The maximum atomic E-state index is 12.8. The molecule has 1 fully saturated rings. The first-order valence-corrected chi connectivity index (χ1v) is 8.77. The lowest BCUT2D eigenvalue weighted by molar-refractivity contribution is 0.0594. The maximum absolute atomic E-state index is 12.8. The molecule has 1 saturated heterocycles. The molecule has 5 nitrogen and oxygen atoms in total. The number of benzene rings is 1. The van der Waals surface area contributed by atoms with Crippen LogP contribution in [0.5, 0.6) is 5.75 Å². The second-order valence-corrected chi connectivity index (χ2v) is 6.73. The van der Waals surface area contributed by atoms with Crippen LogP contribution in [0.4, 0.5) is 0 Å². The van der Waals surface area contributed by atoms with E-state index in [1.54, 1.807) is 6.20 Å². The molecular formula is C20H22N2O3. The fourth-order valence-electron chi connectivity index (χ4n) is 3.44. The van der Waals surface area contributed by atoms with Gasteiger partial charge in [0.15, 0.2) is 0 Å². The highest BCUT2D eigenvalue weighted by molar-refractivity contribution is 5.94. The predicted octanol–water partition coefficient (Wildman–Crippen LogP) is 3.10. The molecule has 0 N–H and O–H groups in total. The van der Waals surface area contributed by atoms with E-state index in [1.165, 1.54) is 5.56 Å². The van der Waals surface area contributed by atoms with Crippen molar-refractivity contribution >= 4 is 5.91 Å². The number of amides is 1. The normalized spacial score (nSPS) is 17.4. The van der Waals surface area contributed by atoms with E-state index >= 15 is 0 Å². The molecule has 0 bridgehead atoms.